The van der Waals surface area contributed by atoms with Gasteiger partial charge in [0.15, 0.2) is 6.54 Å². The maximum atomic E-state index is 12.4. The van der Waals surface area contributed by atoms with E-state index in [2.05, 4.69) is 19.2 Å². The van der Waals surface area contributed by atoms with E-state index in [1.54, 1.807) is 0 Å². The fourth-order valence-corrected chi connectivity index (χ4v) is 3.23. The number of nitrogens with one attached hydrogen (secondary N) is 2. The smallest absolute Gasteiger partial charge is 0.279 e. The number of para-hydroxylation sites is 1. The quantitative estimate of drug-likeness (QED) is 0.876. The van der Waals surface area contributed by atoms with Crippen LogP contribution in [0, 0.1) is 0 Å². The molecule has 1 aliphatic heterocycles. The van der Waals surface area contributed by atoms with Crippen molar-refractivity contribution in [1.82, 2.24) is 0 Å². The van der Waals surface area contributed by atoms with E-state index >= 15 is 0 Å². The standard InChI is InChI=1S/C20H24N2O3/c1-15-12-22(13-16(2)24-15)14-20(23)21-17-7-6-10-19(11-17)25-18-8-4-3-5-9-18/h3-11,15-16H,12-14H2,1-2H3,(H,21,23)/p+1/t15-,16-/m0/s1. The minimum Gasteiger partial charge on any atom is -0.457 e. The Labute approximate surface area is 148 Å². The van der Waals surface area contributed by atoms with E-state index in [-0.39, 0.29) is 18.1 Å². The molecule has 0 unspecified atom stereocenters. The van der Waals surface area contributed by atoms with E-state index in [0.717, 1.165) is 24.5 Å². The van der Waals surface area contributed by atoms with Crippen molar-refractivity contribution in [2.75, 3.05) is 25.0 Å². The molecule has 3 rings (SSSR count). The molecule has 2 aromatic carbocycles. The predicted molar refractivity (Wildman–Crippen MR) is 97.2 cm³/mol. The topological polar surface area (TPSA) is 52.0 Å². The van der Waals surface area contributed by atoms with E-state index in [1.807, 2.05) is 54.6 Å². The van der Waals surface area contributed by atoms with Crippen LogP contribution in [0.25, 0.3) is 0 Å². The van der Waals surface area contributed by atoms with Crippen molar-refractivity contribution < 1.29 is 19.2 Å². The van der Waals surface area contributed by atoms with Gasteiger partial charge in [-0.15, -0.1) is 0 Å². The summed E-state index contributed by atoms with van der Waals surface area (Å²) in [4.78, 5) is 13.6. The van der Waals surface area contributed by atoms with Gasteiger partial charge in [0.25, 0.3) is 5.91 Å². The highest BCUT2D eigenvalue weighted by Crippen LogP contribution is 2.23. The van der Waals surface area contributed by atoms with Gasteiger partial charge in [-0.3, -0.25) is 4.79 Å². The summed E-state index contributed by atoms with van der Waals surface area (Å²) >= 11 is 0. The molecule has 1 fully saturated rings. The van der Waals surface area contributed by atoms with Gasteiger partial charge in [0.1, 0.15) is 36.8 Å². The first-order valence-corrected chi connectivity index (χ1v) is 8.70. The first kappa shape index (κ1) is 17.5. The van der Waals surface area contributed by atoms with Crippen molar-refractivity contribution in [3.8, 4) is 11.5 Å². The maximum absolute atomic E-state index is 12.4. The average Bonchev–Trinajstić information content (AvgIpc) is 2.55. The molecule has 2 aromatic rings. The van der Waals surface area contributed by atoms with Crippen LogP contribution in [0.5, 0.6) is 11.5 Å². The normalized spacial score (nSPS) is 23.0. The van der Waals surface area contributed by atoms with Crippen molar-refractivity contribution in [3.63, 3.8) is 0 Å². The summed E-state index contributed by atoms with van der Waals surface area (Å²) < 4.78 is 11.5. The monoisotopic (exact) mass is 341 g/mol. The molecule has 0 saturated carbocycles. The van der Waals surface area contributed by atoms with Crippen LogP contribution in [0.1, 0.15) is 13.8 Å². The van der Waals surface area contributed by atoms with Crippen LogP contribution >= 0.6 is 0 Å². The predicted octanol–water partition coefficient (Wildman–Crippen LogP) is 2.11. The SMILES string of the molecule is C[C@H]1C[NH+](CC(=O)Nc2cccc(Oc3ccccc3)c2)C[C@H](C)O1. The van der Waals surface area contributed by atoms with Crippen molar-refractivity contribution in [2.24, 2.45) is 0 Å². The lowest BCUT2D eigenvalue weighted by Gasteiger charge is -2.31. The zero-order chi connectivity index (χ0) is 17.6. The second kappa shape index (κ2) is 8.14. The highest BCUT2D eigenvalue weighted by molar-refractivity contribution is 5.91. The largest absolute Gasteiger partial charge is 0.457 e. The number of morpholine rings is 1. The van der Waals surface area contributed by atoms with Crippen molar-refractivity contribution in [2.45, 2.75) is 26.1 Å². The summed E-state index contributed by atoms with van der Waals surface area (Å²) in [6.07, 6.45) is 0.378. The molecule has 0 radical (unpaired) electrons. The third kappa shape index (κ3) is 5.31. The molecule has 1 saturated heterocycles. The number of anilines is 1. The second-order valence-corrected chi connectivity index (χ2v) is 6.58. The summed E-state index contributed by atoms with van der Waals surface area (Å²) in [5, 5.41) is 2.96. The van der Waals surface area contributed by atoms with E-state index in [0.29, 0.717) is 12.3 Å². The fourth-order valence-electron chi connectivity index (χ4n) is 3.23. The first-order valence-electron chi connectivity index (χ1n) is 8.70. The molecule has 2 atom stereocenters. The van der Waals surface area contributed by atoms with Gasteiger partial charge in [-0.1, -0.05) is 24.3 Å². The highest BCUT2D eigenvalue weighted by atomic mass is 16.5. The van der Waals surface area contributed by atoms with Crippen molar-refractivity contribution in [1.29, 1.82) is 0 Å². The van der Waals surface area contributed by atoms with E-state index < -0.39 is 0 Å². The molecule has 1 amide bonds. The van der Waals surface area contributed by atoms with Crippen LogP contribution in [-0.2, 0) is 9.53 Å². The van der Waals surface area contributed by atoms with Crippen LogP contribution in [0.15, 0.2) is 54.6 Å². The minimum absolute atomic E-state index is 0.00756. The summed E-state index contributed by atoms with van der Waals surface area (Å²) in [6.45, 7) is 6.27. The Morgan fingerprint density at radius 1 is 1.08 bits per heavy atom. The maximum Gasteiger partial charge on any atom is 0.279 e. The molecule has 0 bridgehead atoms. The zero-order valence-electron chi connectivity index (χ0n) is 14.7. The zero-order valence-corrected chi connectivity index (χ0v) is 14.7. The number of amides is 1. The molecule has 132 valence electrons. The van der Waals surface area contributed by atoms with Gasteiger partial charge in [-0.25, -0.2) is 0 Å². The molecule has 0 spiro atoms. The molecule has 2 N–H and O–H groups in total. The number of benzene rings is 2. The fraction of sp³-hybridized carbons (Fsp3) is 0.350. The number of carbonyl (C=O) groups is 1. The molecule has 25 heavy (non-hydrogen) atoms. The number of carbonyl (C=O) groups excluding carboxylic acids is 1. The number of quaternary nitrogens is 1. The van der Waals surface area contributed by atoms with E-state index in [4.69, 9.17) is 9.47 Å². The van der Waals surface area contributed by atoms with Gasteiger partial charge in [-0.05, 0) is 38.1 Å². The first-order chi connectivity index (χ1) is 12.1. The third-order valence-electron chi connectivity index (χ3n) is 4.12. The van der Waals surface area contributed by atoms with E-state index in [9.17, 15) is 4.79 Å². The minimum atomic E-state index is 0.00756. The van der Waals surface area contributed by atoms with Crippen LogP contribution < -0.4 is 15.0 Å². The number of hydrogen-bond acceptors (Lipinski definition) is 3. The average molecular weight is 341 g/mol. The molecule has 1 aliphatic rings. The molecule has 5 nitrogen and oxygen atoms in total. The molecule has 0 aromatic heterocycles. The Balaban J connectivity index is 1.57. The highest BCUT2D eigenvalue weighted by Gasteiger charge is 2.27. The Morgan fingerprint density at radius 3 is 2.48 bits per heavy atom. The Morgan fingerprint density at radius 2 is 1.76 bits per heavy atom. The molecule has 5 heteroatoms. The Hall–Kier alpha value is -2.37. The second-order valence-electron chi connectivity index (χ2n) is 6.58. The van der Waals surface area contributed by atoms with Crippen LogP contribution in [0.2, 0.25) is 0 Å². The summed E-state index contributed by atoms with van der Waals surface area (Å²) in [6, 6.07) is 17.0. The van der Waals surface area contributed by atoms with Crippen LogP contribution in [-0.4, -0.2) is 37.7 Å². The van der Waals surface area contributed by atoms with Gasteiger partial charge < -0.3 is 19.7 Å². The van der Waals surface area contributed by atoms with Gasteiger partial charge in [0.2, 0.25) is 0 Å². The summed E-state index contributed by atoms with van der Waals surface area (Å²) in [7, 11) is 0. The molecule has 1 heterocycles. The van der Waals surface area contributed by atoms with Crippen LogP contribution in [0.3, 0.4) is 0 Å². The molecular formula is C20H25N2O3+. The number of hydrogen-bond donors (Lipinski definition) is 2. The summed E-state index contributed by atoms with van der Waals surface area (Å²) in [5.74, 6) is 1.48. The molecular weight excluding hydrogens is 316 g/mol. The number of rotatable bonds is 5. The molecule has 0 aliphatic carbocycles. The third-order valence-corrected chi connectivity index (χ3v) is 4.12. The van der Waals surface area contributed by atoms with Gasteiger partial charge in [0.05, 0.1) is 0 Å². The van der Waals surface area contributed by atoms with Crippen molar-refractivity contribution in [3.05, 3.63) is 54.6 Å². The van der Waals surface area contributed by atoms with Gasteiger partial charge >= 0.3 is 0 Å². The lowest BCUT2D eigenvalue weighted by atomic mass is 10.2. The van der Waals surface area contributed by atoms with E-state index in [1.165, 1.54) is 4.90 Å². The van der Waals surface area contributed by atoms with Gasteiger partial charge in [0, 0.05) is 11.8 Å². The number of ether oxygens (including phenoxy) is 2. The Bertz CT molecular complexity index is 695. The van der Waals surface area contributed by atoms with Gasteiger partial charge in [-0.2, -0.15) is 0 Å². The Kier molecular flexibility index (Phi) is 5.68. The lowest BCUT2D eigenvalue weighted by Crippen LogP contribution is -3.16. The van der Waals surface area contributed by atoms with Crippen LogP contribution in [0.4, 0.5) is 5.69 Å². The van der Waals surface area contributed by atoms with Crippen molar-refractivity contribution >= 4 is 11.6 Å². The summed E-state index contributed by atoms with van der Waals surface area (Å²) in [5.41, 5.74) is 0.743. The lowest BCUT2D eigenvalue weighted by molar-refractivity contribution is -0.907.